The number of nitrogens with one attached hydrogen (secondary N) is 1. The van der Waals surface area contributed by atoms with Crippen molar-refractivity contribution in [2.24, 2.45) is 7.05 Å². The summed E-state index contributed by atoms with van der Waals surface area (Å²) < 4.78 is 40.1. The Balaban J connectivity index is 2.04. The van der Waals surface area contributed by atoms with Gasteiger partial charge in [-0.3, -0.25) is 0 Å². The quantitative estimate of drug-likeness (QED) is 0.869. The molecule has 1 atom stereocenters. The van der Waals surface area contributed by atoms with Gasteiger partial charge in [0.05, 0.1) is 22.6 Å². The molecule has 0 spiro atoms. The van der Waals surface area contributed by atoms with Crippen LogP contribution in [0.1, 0.15) is 36.7 Å². The molecule has 0 aliphatic carbocycles. The topological polar surface area (TPSA) is 29.9 Å². The molecule has 2 aromatic rings. The smallest absolute Gasteiger partial charge is 0.330 e. The molecule has 20 heavy (non-hydrogen) atoms. The lowest BCUT2D eigenvalue weighted by molar-refractivity contribution is -0.137. The molecule has 3 nitrogen and oxygen atoms in total. The zero-order chi connectivity index (χ0) is 14.3. The van der Waals surface area contributed by atoms with E-state index < -0.39 is 11.7 Å². The molecule has 1 unspecified atom stereocenters. The largest absolute Gasteiger partial charge is 0.416 e. The fourth-order valence-corrected chi connectivity index (χ4v) is 2.78. The maximum atomic E-state index is 12.7. The number of hydrogen-bond donors (Lipinski definition) is 1. The highest BCUT2D eigenvalue weighted by atomic mass is 19.4. The number of rotatable bonds is 1. The number of aromatic nitrogens is 2. The van der Waals surface area contributed by atoms with E-state index in [-0.39, 0.29) is 6.04 Å². The second kappa shape index (κ2) is 4.77. The highest BCUT2D eigenvalue weighted by Crippen LogP contribution is 2.32. The maximum absolute atomic E-state index is 12.7. The van der Waals surface area contributed by atoms with Gasteiger partial charge in [-0.05, 0) is 37.6 Å². The van der Waals surface area contributed by atoms with Gasteiger partial charge in [-0.1, -0.05) is 6.42 Å². The Kier molecular flexibility index (Phi) is 3.20. The van der Waals surface area contributed by atoms with Crippen LogP contribution >= 0.6 is 0 Å². The van der Waals surface area contributed by atoms with Gasteiger partial charge in [0.25, 0.3) is 0 Å². The van der Waals surface area contributed by atoms with Crippen LogP contribution in [-0.4, -0.2) is 16.1 Å². The Morgan fingerprint density at radius 3 is 2.75 bits per heavy atom. The van der Waals surface area contributed by atoms with Crippen molar-refractivity contribution < 1.29 is 13.2 Å². The summed E-state index contributed by atoms with van der Waals surface area (Å²) in [6.07, 6.45) is -1.09. The zero-order valence-corrected chi connectivity index (χ0v) is 11.2. The second-order valence-electron chi connectivity index (χ2n) is 5.23. The number of aryl methyl sites for hydroxylation is 1. The van der Waals surface area contributed by atoms with E-state index in [1.54, 1.807) is 0 Å². The molecular formula is C14H16F3N3. The lowest BCUT2D eigenvalue weighted by Gasteiger charge is -2.22. The van der Waals surface area contributed by atoms with Gasteiger partial charge < -0.3 is 9.88 Å². The monoisotopic (exact) mass is 283 g/mol. The Hall–Kier alpha value is -1.56. The maximum Gasteiger partial charge on any atom is 0.416 e. The standard InChI is InChI=1S/C14H16F3N3/c1-20-12-6-5-9(14(15,16)17)8-11(12)19-13(20)10-4-2-3-7-18-10/h5-6,8,10,18H,2-4,7H2,1H3. The first-order valence-corrected chi connectivity index (χ1v) is 6.74. The van der Waals surface area contributed by atoms with Gasteiger partial charge in [0.1, 0.15) is 5.82 Å². The fraction of sp³-hybridized carbons (Fsp3) is 0.500. The molecule has 2 heterocycles. The number of hydrogen-bond acceptors (Lipinski definition) is 2. The summed E-state index contributed by atoms with van der Waals surface area (Å²) in [6, 6.07) is 3.87. The Bertz CT molecular complexity index is 624. The SMILES string of the molecule is Cn1c(C2CCCCN2)nc2cc(C(F)(F)F)ccc21. The van der Waals surface area contributed by atoms with Crippen LogP contribution in [0, 0.1) is 0 Å². The highest BCUT2D eigenvalue weighted by molar-refractivity contribution is 5.77. The molecule has 1 N–H and O–H groups in total. The number of fused-ring (bicyclic) bond motifs is 1. The fourth-order valence-electron chi connectivity index (χ4n) is 2.78. The van der Waals surface area contributed by atoms with Crippen LogP contribution in [-0.2, 0) is 13.2 Å². The Labute approximate surface area is 114 Å². The number of halogens is 3. The number of piperidine rings is 1. The van der Waals surface area contributed by atoms with Crippen LogP contribution in [0.5, 0.6) is 0 Å². The number of alkyl halides is 3. The van der Waals surface area contributed by atoms with Crippen LogP contribution in [0.3, 0.4) is 0 Å². The molecule has 1 fully saturated rings. The van der Waals surface area contributed by atoms with Gasteiger partial charge >= 0.3 is 6.18 Å². The molecule has 1 aliphatic heterocycles. The van der Waals surface area contributed by atoms with Crippen LogP contribution in [0.15, 0.2) is 18.2 Å². The second-order valence-corrected chi connectivity index (χ2v) is 5.23. The predicted octanol–water partition coefficient (Wildman–Crippen LogP) is 3.41. The van der Waals surface area contributed by atoms with E-state index in [0.29, 0.717) is 5.52 Å². The van der Waals surface area contributed by atoms with E-state index >= 15 is 0 Å². The minimum absolute atomic E-state index is 0.135. The van der Waals surface area contributed by atoms with Gasteiger partial charge in [-0.25, -0.2) is 4.98 Å². The summed E-state index contributed by atoms with van der Waals surface area (Å²) in [6.45, 7) is 0.932. The average molecular weight is 283 g/mol. The van der Waals surface area contributed by atoms with Crippen molar-refractivity contribution in [3.05, 3.63) is 29.6 Å². The van der Waals surface area contributed by atoms with E-state index in [1.165, 1.54) is 6.07 Å². The van der Waals surface area contributed by atoms with Crippen molar-refractivity contribution in [1.29, 1.82) is 0 Å². The summed E-state index contributed by atoms with van der Waals surface area (Å²) >= 11 is 0. The van der Waals surface area contributed by atoms with Gasteiger partial charge in [0.2, 0.25) is 0 Å². The molecule has 1 saturated heterocycles. The first-order valence-electron chi connectivity index (χ1n) is 6.74. The van der Waals surface area contributed by atoms with Crippen LogP contribution < -0.4 is 5.32 Å². The summed E-state index contributed by atoms with van der Waals surface area (Å²) in [5, 5.41) is 3.38. The van der Waals surface area contributed by atoms with E-state index in [1.807, 2.05) is 11.6 Å². The third kappa shape index (κ3) is 2.28. The number of benzene rings is 1. The van der Waals surface area contributed by atoms with Crippen molar-refractivity contribution in [2.75, 3.05) is 6.54 Å². The minimum Gasteiger partial charge on any atom is -0.330 e. The van der Waals surface area contributed by atoms with Crippen molar-refractivity contribution in [3.8, 4) is 0 Å². The molecular weight excluding hydrogens is 267 g/mol. The third-order valence-corrected chi connectivity index (χ3v) is 3.86. The molecule has 1 aliphatic rings. The third-order valence-electron chi connectivity index (χ3n) is 3.86. The van der Waals surface area contributed by atoms with Crippen molar-refractivity contribution in [2.45, 2.75) is 31.5 Å². The Morgan fingerprint density at radius 2 is 2.10 bits per heavy atom. The average Bonchev–Trinajstić information content (AvgIpc) is 2.76. The normalized spacial score (nSPS) is 20.5. The molecule has 0 saturated carbocycles. The summed E-state index contributed by atoms with van der Waals surface area (Å²) in [5.74, 6) is 0.819. The molecule has 0 bridgehead atoms. The number of imidazole rings is 1. The predicted molar refractivity (Wildman–Crippen MR) is 70.3 cm³/mol. The molecule has 1 aromatic carbocycles. The number of nitrogens with zero attached hydrogens (tertiary/aromatic N) is 2. The molecule has 6 heteroatoms. The molecule has 108 valence electrons. The van der Waals surface area contributed by atoms with E-state index in [0.717, 1.165) is 49.3 Å². The van der Waals surface area contributed by atoms with Gasteiger partial charge in [0, 0.05) is 7.05 Å². The molecule has 1 aromatic heterocycles. The first kappa shape index (κ1) is 13.4. The van der Waals surface area contributed by atoms with Crippen molar-refractivity contribution >= 4 is 11.0 Å². The van der Waals surface area contributed by atoms with Crippen LogP contribution in [0.4, 0.5) is 13.2 Å². The van der Waals surface area contributed by atoms with Crippen LogP contribution in [0.25, 0.3) is 11.0 Å². The summed E-state index contributed by atoms with van der Waals surface area (Å²) in [7, 11) is 1.86. The lowest BCUT2D eigenvalue weighted by Crippen LogP contribution is -2.28. The molecule has 0 radical (unpaired) electrons. The summed E-state index contributed by atoms with van der Waals surface area (Å²) in [5.41, 5.74) is 0.497. The minimum atomic E-state index is -4.32. The van der Waals surface area contributed by atoms with Crippen molar-refractivity contribution in [3.63, 3.8) is 0 Å². The van der Waals surface area contributed by atoms with E-state index in [4.69, 9.17) is 0 Å². The van der Waals surface area contributed by atoms with Crippen LogP contribution in [0.2, 0.25) is 0 Å². The molecule has 3 rings (SSSR count). The lowest BCUT2D eigenvalue weighted by atomic mass is 10.0. The zero-order valence-electron chi connectivity index (χ0n) is 11.2. The van der Waals surface area contributed by atoms with Gasteiger partial charge in [-0.2, -0.15) is 13.2 Å². The Morgan fingerprint density at radius 1 is 1.30 bits per heavy atom. The first-order chi connectivity index (χ1) is 9.47. The van der Waals surface area contributed by atoms with Crippen molar-refractivity contribution in [1.82, 2.24) is 14.9 Å². The molecule has 0 amide bonds. The van der Waals surface area contributed by atoms with E-state index in [2.05, 4.69) is 10.3 Å². The van der Waals surface area contributed by atoms with Gasteiger partial charge in [-0.15, -0.1) is 0 Å². The highest BCUT2D eigenvalue weighted by Gasteiger charge is 2.31. The van der Waals surface area contributed by atoms with E-state index in [9.17, 15) is 13.2 Å². The van der Waals surface area contributed by atoms with Gasteiger partial charge in [0.15, 0.2) is 0 Å². The summed E-state index contributed by atoms with van der Waals surface area (Å²) in [4.78, 5) is 4.41.